The van der Waals surface area contributed by atoms with Crippen molar-refractivity contribution in [3.63, 3.8) is 0 Å². The summed E-state index contributed by atoms with van der Waals surface area (Å²) in [5.74, 6) is -1.00. The van der Waals surface area contributed by atoms with Gasteiger partial charge in [0.15, 0.2) is 0 Å². The van der Waals surface area contributed by atoms with E-state index in [1.807, 2.05) is 13.8 Å². The number of nitrogens with one attached hydrogen (secondary N) is 2. The lowest BCUT2D eigenvalue weighted by Gasteiger charge is -2.09. The second-order valence-corrected chi connectivity index (χ2v) is 5.37. The van der Waals surface area contributed by atoms with E-state index < -0.39 is 17.9 Å². The Morgan fingerprint density at radius 3 is 2.67 bits per heavy atom. The van der Waals surface area contributed by atoms with Crippen molar-refractivity contribution in [1.82, 2.24) is 15.5 Å². The summed E-state index contributed by atoms with van der Waals surface area (Å²) < 4.78 is 5.20. The number of carbonyl (C=O) groups excluding carboxylic acids is 2. The minimum Gasteiger partial charge on any atom is -0.480 e. The molecule has 0 fully saturated rings. The molecule has 0 aliphatic carbocycles. The molecule has 2 amide bonds. The molecule has 1 aromatic rings. The highest BCUT2D eigenvalue weighted by atomic mass is 32.2. The molecule has 0 saturated heterocycles. The van der Waals surface area contributed by atoms with Crippen molar-refractivity contribution in [2.45, 2.75) is 25.8 Å². The maximum atomic E-state index is 11.6. The van der Waals surface area contributed by atoms with Gasteiger partial charge in [0.05, 0.1) is 5.75 Å². The fourth-order valence-electron chi connectivity index (χ4n) is 1.22. The summed E-state index contributed by atoms with van der Waals surface area (Å²) in [7, 11) is 0. The first-order valence-electron chi connectivity index (χ1n) is 6.07. The van der Waals surface area contributed by atoms with Gasteiger partial charge >= 0.3 is 12.0 Å². The van der Waals surface area contributed by atoms with Gasteiger partial charge in [-0.2, -0.15) is 0 Å². The molecule has 116 valence electrons. The highest BCUT2D eigenvalue weighted by Crippen LogP contribution is 2.15. The normalized spacial score (nSPS) is 12.0. The Hall–Kier alpha value is -2.10. The van der Waals surface area contributed by atoms with Crippen LogP contribution in [0.3, 0.4) is 0 Å². The zero-order valence-electron chi connectivity index (χ0n) is 11.5. The predicted octanol–water partition coefficient (Wildman–Crippen LogP) is 0.0639. The zero-order chi connectivity index (χ0) is 15.8. The molecule has 1 heterocycles. The molecule has 3 N–H and O–H groups in total. The minimum absolute atomic E-state index is 0.00368. The molecule has 9 nitrogen and oxygen atoms in total. The SMILES string of the molecule is CC(C)c1nnc(NC(=O)CSCC(NC=O)C(=O)O)o1. The first kappa shape index (κ1) is 17.0. The number of hydrogen-bond acceptors (Lipinski definition) is 7. The van der Waals surface area contributed by atoms with Crippen molar-refractivity contribution in [2.24, 2.45) is 0 Å². The third kappa shape index (κ3) is 5.81. The van der Waals surface area contributed by atoms with Crippen LogP contribution in [-0.4, -0.2) is 51.1 Å². The van der Waals surface area contributed by atoms with Gasteiger partial charge in [-0.05, 0) is 0 Å². The third-order valence-electron chi connectivity index (χ3n) is 2.27. The topological polar surface area (TPSA) is 134 Å². The highest BCUT2D eigenvalue weighted by Gasteiger charge is 2.17. The predicted molar refractivity (Wildman–Crippen MR) is 75.0 cm³/mol. The van der Waals surface area contributed by atoms with E-state index in [9.17, 15) is 14.4 Å². The molecular formula is C11H16N4O5S. The number of anilines is 1. The second-order valence-electron chi connectivity index (χ2n) is 4.34. The zero-order valence-corrected chi connectivity index (χ0v) is 12.3. The van der Waals surface area contributed by atoms with Crippen LogP contribution in [0.2, 0.25) is 0 Å². The molecule has 0 aliphatic rings. The van der Waals surface area contributed by atoms with Gasteiger partial charge < -0.3 is 14.8 Å². The lowest BCUT2D eigenvalue weighted by Crippen LogP contribution is -2.38. The van der Waals surface area contributed by atoms with Crippen LogP contribution in [0, 0.1) is 0 Å². The van der Waals surface area contributed by atoms with Crippen molar-refractivity contribution < 1.29 is 23.9 Å². The van der Waals surface area contributed by atoms with Gasteiger partial charge in [0.25, 0.3) is 0 Å². The van der Waals surface area contributed by atoms with Gasteiger partial charge in [-0.3, -0.25) is 14.9 Å². The molecule has 21 heavy (non-hydrogen) atoms. The largest absolute Gasteiger partial charge is 0.480 e. The van der Waals surface area contributed by atoms with E-state index in [1.54, 1.807) is 0 Å². The summed E-state index contributed by atoms with van der Waals surface area (Å²) in [6.45, 7) is 3.75. The van der Waals surface area contributed by atoms with Crippen LogP contribution < -0.4 is 10.6 Å². The molecular weight excluding hydrogens is 300 g/mol. The molecule has 1 unspecified atom stereocenters. The summed E-state index contributed by atoms with van der Waals surface area (Å²) >= 11 is 1.07. The van der Waals surface area contributed by atoms with Crippen LogP contribution in [0.1, 0.15) is 25.7 Å². The summed E-state index contributed by atoms with van der Waals surface area (Å²) in [6.07, 6.45) is 0.311. The molecule has 0 aromatic carbocycles. The average Bonchev–Trinajstić information content (AvgIpc) is 2.86. The Labute approximate surface area is 124 Å². The number of hydrogen-bond donors (Lipinski definition) is 3. The van der Waals surface area contributed by atoms with Crippen molar-refractivity contribution in [3.8, 4) is 0 Å². The van der Waals surface area contributed by atoms with Gasteiger partial charge in [-0.15, -0.1) is 16.9 Å². The van der Waals surface area contributed by atoms with E-state index in [0.717, 1.165) is 11.8 Å². The van der Waals surface area contributed by atoms with Crippen LogP contribution >= 0.6 is 11.8 Å². The highest BCUT2D eigenvalue weighted by molar-refractivity contribution is 8.00. The molecule has 0 radical (unpaired) electrons. The molecule has 1 rings (SSSR count). The number of aromatic nitrogens is 2. The maximum absolute atomic E-state index is 11.6. The summed E-state index contributed by atoms with van der Waals surface area (Å²) in [4.78, 5) is 32.6. The van der Waals surface area contributed by atoms with E-state index in [2.05, 4.69) is 20.8 Å². The van der Waals surface area contributed by atoms with Gasteiger partial charge in [-0.1, -0.05) is 18.9 Å². The monoisotopic (exact) mass is 316 g/mol. The molecule has 0 aliphatic heterocycles. The number of nitrogens with zero attached hydrogens (tertiary/aromatic N) is 2. The van der Waals surface area contributed by atoms with Gasteiger partial charge in [0.1, 0.15) is 6.04 Å². The second kappa shape index (κ2) is 8.25. The van der Waals surface area contributed by atoms with Gasteiger partial charge in [0, 0.05) is 11.7 Å². The van der Waals surface area contributed by atoms with Crippen LogP contribution in [0.5, 0.6) is 0 Å². The van der Waals surface area contributed by atoms with Crippen LogP contribution in [-0.2, 0) is 14.4 Å². The van der Waals surface area contributed by atoms with Crippen molar-refractivity contribution in [1.29, 1.82) is 0 Å². The van der Waals surface area contributed by atoms with Gasteiger partial charge in [0.2, 0.25) is 18.2 Å². The molecule has 10 heteroatoms. The van der Waals surface area contributed by atoms with Gasteiger partial charge in [-0.25, -0.2) is 4.79 Å². The number of amides is 2. The number of aliphatic carboxylic acids is 1. The fraction of sp³-hybridized carbons (Fsp3) is 0.545. The fourth-order valence-corrected chi connectivity index (χ4v) is 2.07. The quantitative estimate of drug-likeness (QED) is 0.544. The standard InChI is InChI=1S/C11H16N4O5S/c1-6(2)9-14-15-11(20-9)13-8(17)4-21-3-7(10(18)19)12-5-16/h5-7H,3-4H2,1-2H3,(H,12,16)(H,18,19)(H,13,15,17). The summed E-state index contributed by atoms with van der Waals surface area (Å²) in [5.41, 5.74) is 0. The third-order valence-corrected chi connectivity index (χ3v) is 3.30. The molecule has 1 aromatic heterocycles. The number of thioether (sulfide) groups is 1. The lowest BCUT2D eigenvalue weighted by atomic mass is 10.2. The number of carboxylic acid groups (broad SMARTS) is 1. The first-order chi connectivity index (χ1) is 9.93. The van der Waals surface area contributed by atoms with Crippen molar-refractivity contribution >= 4 is 36.1 Å². The molecule has 0 spiro atoms. The number of carbonyl (C=O) groups is 3. The van der Waals surface area contributed by atoms with Crippen molar-refractivity contribution in [2.75, 3.05) is 16.8 Å². The van der Waals surface area contributed by atoms with E-state index in [4.69, 9.17) is 9.52 Å². The minimum atomic E-state index is -1.16. The number of rotatable bonds is 9. The van der Waals surface area contributed by atoms with Crippen LogP contribution in [0.15, 0.2) is 4.42 Å². The van der Waals surface area contributed by atoms with Crippen LogP contribution in [0.4, 0.5) is 6.01 Å². The number of carboxylic acids is 1. The Morgan fingerprint density at radius 2 is 2.14 bits per heavy atom. The van der Waals surface area contributed by atoms with E-state index in [1.165, 1.54) is 0 Å². The van der Waals surface area contributed by atoms with Crippen LogP contribution in [0.25, 0.3) is 0 Å². The van der Waals surface area contributed by atoms with E-state index in [0.29, 0.717) is 12.3 Å². The molecule has 1 atom stereocenters. The Balaban J connectivity index is 2.36. The summed E-state index contributed by atoms with van der Waals surface area (Å²) in [6, 6.07) is -1.03. The average molecular weight is 316 g/mol. The maximum Gasteiger partial charge on any atom is 0.327 e. The Bertz CT molecular complexity index is 505. The molecule has 0 bridgehead atoms. The van der Waals surface area contributed by atoms with E-state index >= 15 is 0 Å². The summed E-state index contributed by atoms with van der Waals surface area (Å²) in [5, 5.41) is 20.8. The smallest absolute Gasteiger partial charge is 0.327 e. The lowest BCUT2D eigenvalue weighted by molar-refractivity contribution is -0.139. The Kier molecular flexibility index (Phi) is 6.66. The van der Waals surface area contributed by atoms with Crippen molar-refractivity contribution in [3.05, 3.63) is 5.89 Å². The van der Waals surface area contributed by atoms with E-state index in [-0.39, 0.29) is 23.4 Å². The Morgan fingerprint density at radius 1 is 1.43 bits per heavy atom. The molecule has 0 saturated carbocycles. The first-order valence-corrected chi connectivity index (χ1v) is 7.23.